The minimum absolute atomic E-state index is 0.564. The van der Waals surface area contributed by atoms with Gasteiger partial charge in [0.2, 0.25) is 0 Å². The fourth-order valence-electron chi connectivity index (χ4n) is 1.95. The van der Waals surface area contributed by atoms with Crippen LogP contribution < -0.4 is 4.72 Å². The Balaban J connectivity index is 2.33. The molecule has 0 aromatic heterocycles. The zero-order valence-corrected chi connectivity index (χ0v) is 9.24. The Morgan fingerprint density at radius 2 is 1.44 bits per heavy atom. The maximum absolute atomic E-state index is 10.0. The topological polar surface area (TPSA) is 52.5 Å². The predicted octanol–water partition coefficient (Wildman–Crippen LogP) is 3.80. The van der Waals surface area contributed by atoms with Crippen molar-refractivity contribution in [1.82, 2.24) is 0 Å². The first-order valence-corrected chi connectivity index (χ1v) is 6.47. The van der Waals surface area contributed by atoms with Gasteiger partial charge in [-0.1, -0.05) is 47.2 Å². The average molecular weight is 233 g/mol. The van der Waals surface area contributed by atoms with Crippen molar-refractivity contribution in [2.75, 3.05) is 4.72 Å². The first-order chi connectivity index (χ1) is 7.68. The van der Waals surface area contributed by atoms with Gasteiger partial charge in [-0.2, -0.15) is 0 Å². The minimum atomic E-state index is -2.91. The minimum Gasteiger partial charge on any atom is -0.280 e. The summed E-state index contributed by atoms with van der Waals surface area (Å²) in [5.74, 6) is 0. The number of hydrogen-bond donors (Lipinski definition) is 3. The van der Waals surface area contributed by atoms with Gasteiger partial charge < -0.3 is 0 Å². The standard InChI is InChI=1S/C12H11NO2S/c14-16(15)12-8-4-2-6-10(12)9-5-1-3-7-11(9)13-16/h1-8,13-15H. The summed E-state index contributed by atoms with van der Waals surface area (Å²) < 4.78 is 22.8. The summed E-state index contributed by atoms with van der Waals surface area (Å²) in [5.41, 5.74) is 2.65. The molecule has 0 spiro atoms. The van der Waals surface area contributed by atoms with Crippen LogP contribution in [0.4, 0.5) is 5.69 Å². The van der Waals surface area contributed by atoms with Crippen molar-refractivity contribution in [3.8, 4) is 11.1 Å². The third kappa shape index (κ3) is 1.31. The van der Waals surface area contributed by atoms with Gasteiger partial charge in [0.05, 0.1) is 10.6 Å². The highest BCUT2D eigenvalue weighted by molar-refractivity contribution is 8.25. The van der Waals surface area contributed by atoms with Crippen molar-refractivity contribution in [3.63, 3.8) is 0 Å². The first kappa shape index (κ1) is 9.72. The van der Waals surface area contributed by atoms with Gasteiger partial charge >= 0.3 is 0 Å². The van der Waals surface area contributed by atoms with E-state index in [1.807, 2.05) is 42.5 Å². The first-order valence-electron chi connectivity index (χ1n) is 4.93. The van der Waals surface area contributed by atoms with Gasteiger partial charge in [0.15, 0.2) is 0 Å². The molecule has 0 saturated heterocycles. The molecule has 0 bridgehead atoms. The molecule has 0 amide bonds. The number of hydrogen-bond acceptors (Lipinski definition) is 3. The van der Waals surface area contributed by atoms with Gasteiger partial charge in [0.25, 0.3) is 0 Å². The summed E-state index contributed by atoms with van der Waals surface area (Å²) in [5, 5.41) is 0. The Morgan fingerprint density at radius 1 is 0.812 bits per heavy atom. The third-order valence-electron chi connectivity index (χ3n) is 2.66. The second kappa shape index (κ2) is 3.25. The van der Waals surface area contributed by atoms with E-state index in [1.54, 1.807) is 6.07 Å². The summed E-state index contributed by atoms with van der Waals surface area (Å²) in [7, 11) is -2.91. The number of anilines is 1. The van der Waals surface area contributed by atoms with Crippen LogP contribution in [-0.4, -0.2) is 9.11 Å². The maximum atomic E-state index is 10.0. The molecule has 16 heavy (non-hydrogen) atoms. The molecule has 1 aliphatic rings. The largest absolute Gasteiger partial charge is 0.280 e. The zero-order chi connectivity index (χ0) is 11.2. The number of fused-ring (bicyclic) bond motifs is 3. The van der Waals surface area contributed by atoms with Crippen molar-refractivity contribution < 1.29 is 9.11 Å². The molecule has 0 unspecified atom stereocenters. The SMILES string of the molecule is OS1(O)Nc2ccccc2-c2ccccc21. The molecule has 3 N–H and O–H groups in total. The van der Waals surface area contributed by atoms with Gasteiger partial charge in [0, 0.05) is 11.1 Å². The summed E-state index contributed by atoms with van der Waals surface area (Å²) in [6.07, 6.45) is 0. The van der Waals surface area contributed by atoms with E-state index in [0.29, 0.717) is 4.90 Å². The molecule has 1 heterocycles. The molecule has 0 aliphatic carbocycles. The number of para-hydroxylation sites is 1. The molecule has 4 heteroatoms. The Morgan fingerprint density at radius 3 is 2.25 bits per heavy atom. The van der Waals surface area contributed by atoms with Crippen molar-refractivity contribution in [3.05, 3.63) is 48.5 Å². The molecule has 0 radical (unpaired) electrons. The smallest absolute Gasteiger partial charge is 0.0880 e. The predicted molar refractivity (Wildman–Crippen MR) is 66.6 cm³/mol. The lowest BCUT2D eigenvalue weighted by Crippen LogP contribution is -2.15. The molecular weight excluding hydrogens is 222 g/mol. The van der Waals surface area contributed by atoms with Crippen LogP contribution in [0, 0.1) is 0 Å². The van der Waals surface area contributed by atoms with Crippen molar-refractivity contribution >= 4 is 16.5 Å². The third-order valence-corrected chi connectivity index (χ3v) is 4.14. The Bertz CT molecular complexity index is 554. The van der Waals surface area contributed by atoms with E-state index in [1.165, 1.54) is 0 Å². The highest BCUT2D eigenvalue weighted by Gasteiger charge is 2.26. The molecule has 0 atom stereocenters. The number of nitrogens with one attached hydrogen (secondary N) is 1. The fraction of sp³-hybridized carbons (Fsp3) is 0. The van der Waals surface area contributed by atoms with E-state index < -0.39 is 10.8 Å². The lowest BCUT2D eigenvalue weighted by molar-refractivity contribution is 0.494. The molecule has 1 aliphatic heterocycles. The molecule has 82 valence electrons. The van der Waals surface area contributed by atoms with E-state index >= 15 is 0 Å². The van der Waals surface area contributed by atoms with Gasteiger partial charge in [-0.15, -0.1) is 0 Å². The van der Waals surface area contributed by atoms with Crippen molar-refractivity contribution in [2.45, 2.75) is 4.90 Å². The van der Waals surface area contributed by atoms with Crippen molar-refractivity contribution in [2.24, 2.45) is 0 Å². The van der Waals surface area contributed by atoms with E-state index in [2.05, 4.69) is 4.72 Å². The lowest BCUT2D eigenvalue weighted by atomic mass is 10.0. The molecule has 0 saturated carbocycles. The lowest BCUT2D eigenvalue weighted by Gasteiger charge is -2.39. The normalized spacial score (nSPS) is 17.9. The van der Waals surface area contributed by atoms with Crippen LogP contribution in [0.15, 0.2) is 53.4 Å². The van der Waals surface area contributed by atoms with Crippen LogP contribution in [0.2, 0.25) is 0 Å². The van der Waals surface area contributed by atoms with Crippen LogP contribution in [0.1, 0.15) is 0 Å². The van der Waals surface area contributed by atoms with Crippen LogP contribution in [0.5, 0.6) is 0 Å². The summed E-state index contributed by atoms with van der Waals surface area (Å²) in [4.78, 5) is 0.564. The number of benzene rings is 2. The quantitative estimate of drug-likeness (QED) is 0.648. The van der Waals surface area contributed by atoms with Crippen LogP contribution >= 0.6 is 10.8 Å². The molecular formula is C12H11NO2S. The van der Waals surface area contributed by atoms with E-state index in [0.717, 1.165) is 16.8 Å². The van der Waals surface area contributed by atoms with Crippen LogP contribution in [0.3, 0.4) is 0 Å². The van der Waals surface area contributed by atoms with E-state index in [4.69, 9.17) is 0 Å². The van der Waals surface area contributed by atoms with Crippen LogP contribution in [0.25, 0.3) is 11.1 Å². The average Bonchev–Trinajstić information content (AvgIpc) is 2.29. The molecule has 3 rings (SSSR count). The highest BCUT2D eigenvalue weighted by atomic mass is 32.3. The fourth-order valence-corrected chi connectivity index (χ4v) is 3.30. The van der Waals surface area contributed by atoms with E-state index in [9.17, 15) is 9.11 Å². The molecule has 2 aromatic carbocycles. The van der Waals surface area contributed by atoms with Crippen LogP contribution in [-0.2, 0) is 0 Å². The summed E-state index contributed by atoms with van der Waals surface area (Å²) >= 11 is 0. The Kier molecular flexibility index (Phi) is 1.97. The second-order valence-corrected chi connectivity index (χ2v) is 5.43. The zero-order valence-electron chi connectivity index (χ0n) is 8.42. The summed E-state index contributed by atoms with van der Waals surface area (Å²) in [6.45, 7) is 0. The highest BCUT2D eigenvalue weighted by Crippen LogP contribution is 2.57. The van der Waals surface area contributed by atoms with Gasteiger partial charge in [-0.3, -0.25) is 13.8 Å². The van der Waals surface area contributed by atoms with Gasteiger partial charge in [0.1, 0.15) is 0 Å². The molecule has 2 aromatic rings. The maximum Gasteiger partial charge on any atom is 0.0880 e. The molecule has 0 fully saturated rings. The van der Waals surface area contributed by atoms with Gasteiger partial charge in [-0.25, -0.2) is 0 Å². The van der Waals surface area contributed by atoms with E-state index in [-0.39, 0.29) is 0 Å². The Labute approximate surface area is 95.2 Å². The second-order valence-electron chi connectivity index (χ2n) is 3.69. The molecule has 3 nitrogen and oxygen atoms in total. The van der Waals surface area contributed by atoms with Crippen molar-refractivity contribution in [1.29, 1.82) is 0 Å². The monoisotopic (exact) mass is 233 g/mol. The van der Waals surface area contributed by atoms with Gasteiger partial charge in [-0.05, 0) is 12.1 Å². The number of rotatable bonds is 0. The Hall–Kier alpha value is -1.49. The summed E-state index contributed by atoms with van der Waals surface area (Å²) in [6, 6.07) is 15.0.